The molecule has 0 spiro atoms. The minimum atomic E-state index is -0.114. The Morgan fingerprint density at radius 1 is 1.35 bits per heavy atom. The normalized spacial score (nSPS) is 10.1. The molecule has 102 valence electrons. The molecular formula is C14H10Br2N2O2. The number of nitrogens with zero attached hydrogens (tertiary/aromatic N) is 2. The van der Waals surface area contributed by atoms with E-state index < -0.39 is 0 Å². The Bertz CT molecular complexity index is 748. The van der Waals surface area contributed by atoms with Crippen LogP contribution in [-0.4, -0.2) is 11.7 Å². The van der Waals surface area contributed by atoms with Gasteiger partial charge in [-0.15, -0.1) is 0 Å². The number of hydrogen-bond acceptors (Lipinski definition) is 3. The predicted molar refractivity (Wildman–Crippen MR) is 82.9 cm³/mol. The van der Waals surface area contributed by atoms with E-state index in [0.717, 1.165) is 10.0 Å². The van der Waals surface area contributed by atoms with E-state index in [1.807, 2.05) is 6.07 Å². The van der Waals surface area contributed by atoms with E-state index in [9.17, 15) is 4.79 Å². The topological polar surface area (TPSA) is 55.0 Å². The molecule has 1 aromatic carbocycles. The second-order valence-electron chi connectivity index (χ2n) is 4.09. The molecule has 0 fully saturated rings. The highest BCUT2D eigenvalue weighted by atomic mass is 79.9. The van der Waals surface area contributed by atoms with Crippen LogP contribution >= 0.6 is 31.9 Å². The average molecular weight is 398 g/mol. The predicted octanol–water partition coefficient (Wildman–Crippen LogP) is 3.30. The third-order valence-corrected chi connectivity index (χ3v) is 3.75. The maximum absolute atomic E-state index is 12.0. The van der Waals surface area contributed by atoms with E-state index in [1.165, 1.54) is 7.11 Å². The first-order valence-corrected chi connectivity index (χ1v) is 7.26. The Labute approximate surface area is 132 Å². The molecule has 0 aliphatic rings. The molecule has 0 aliphatic carbocycles. The summed E-state index contributed by atoms with van der Waals surface area (Å²) in [4.78, 5) is 12.0. The Hall–Kier alpha value is -1.58. The molecule has 2 aromatic rings. The molecule has 0 saturated carbocycles. The smallest absolute Gasteiger partial charge is 0.265 e. The molecule has 6 heteroatoms. The van der Waals surface area contributed by atoms with Crippen molar-refractivity contribution < 1.29 is 4.74 Å². The second-order valence-corrected chi connectivity index (χ2v) is 5.86. The van der Waals surface area contributed by atoms with Crippen LogP contribution < -0.4 is 10.3 Å². The van der Waals surface area contributed by atoms with Crippen LogP contribution in [-0.2, 0) is 6.54 Å². The molecule has 0 amide bonds. The van der Waals surface area contributed by atoms with Gasteiger partial charge in [-0.05, 0) is 55.6 Å². The zero-order chi connectivity index (χ0) is 14.7. The van der Waals surface area contributed by atoms with E-state index in [1.54, 1.807) is 29.0 Å². The Balaban J connectivity index is 2.41. The van der Waals surface area contributed by atoms with Crippen molar-refractivity contribution in [3.63, 3.8) is 0 Å². The lowest BCUT2D eigenvalue weighted by molar-refractivity contribution is 0.413. The van der Waals surface area contributed by atoms with Crippen LogP contribution in [0.25, 0.3) is 0 Å². The SMILES string of the molecule is COc1cc(Cn2cc(Br)cc(Br)c2=O)ccc1C#N. The van der Waals surface area contributed by atoms with E-state index in [0.29, 0.717) is 22.3 Å². The number of methoxy groups -OCH3 is 1. The highest BCUT2D eigenvalue weighted by Crippen LogP contribution is 2.20. The van der Waals surface area contributed by atoms with Crippen LogP contribution in [0, 0.1) is 11.3 Å². The highest BCUT2D eigenvalue weighted by molar-refractivity contribution is 9.11. The third-order valence-electron chi connectivity index (χ3n) is 2.75. The number of hydrogen-bond donors (Lipinski definition) is 0. The Morgan fingerprint density at radius 3 is 2.75 bits per heavy atom. The van der Waals surface area contributed by atoms with Gasteiger partial charge in [-0.1, -0.05) is 6.07 Å². The van der Waals surface area contributed by atoms with Crippen molar-refractivity contribution in [2.45, 2.75) is 6.54 Å². The first kappa shape index (κ1) is 14.8. The van der Waals surface area contributed by atoms with Crippen molar-refractivity contribution in [3.8, 4) is 11.8 Å². The number of aromatic nitrogens is 1. The first-order valence-electron chi connectivity index (χ1n) is 5.67. The minimum absolute atomic E-state index is 0.114. The molecule has 2 rings (SSSR count). The molecule has 0 atom stereocenters. The molecule has 1 heterocycles. The quantitative estimate of drug-likeness (QED) is 0.798. The lowest BCUT2D eigenvalue weighted by Gasteiger charge is -2.09. The van der Waals surface area contributed by atoms with Crippen molar-refractivity contribution in [1.29, 1.82) is 5.26 Å². The van der Waals surface area contributed by atoms with Crippen molar-refractivity contribution >= 4 is 31.9 Å². The zero-order valence-electron chi connectivity index (χ0n) is 10.6. The summed E-state index contributed by atoms with van der Waals surface area (Å²) in [5.41, 5.74) is 1.24. The van der Waals surface area contributed by atoms with Gasteiger partial charge in [0.2, 0.25) is 0 Å². The molecule has 0 radical (unpaired) electrons. The Morgan fingerprint density at radius 2 is 2.10 bits per heavy atom. The van der Waals surface area contributed by atoms with Crippen LogP contribution in [0.15, 0.2) is 44.2 Å². The molecule has 0 aliphatic heterocycles. The lowest BCUT2D eigenvalue weighted by Crippen LogP contribution is -2.20. The van der Waals surface area contributed by atoms with Crippen molar-refractivity contribution in [2.75, 3.05) is 7.11 Å². The van der Waals surface area contributed by atoms with Crippen molar-refractivity contribution in [3.05, 3.63) is 60.9 Å². The van der Waals surface area contributed by atoms with Crippen molar-refractivity contribution in [2.24, 2.45) is 0 Å². The molecule has 20 heavy (non-hydrogen) atoms. The molecule has 0 N–H and O–H groups in total. The molecular weight excluding hydrogens is 388 g/mol. The van der Waals surface area contributed by atoms with Gasteiger partial charge in [-0.25, -0.2) is 0 Å². The number of ether oxygens (including phenoxy) is 1. The van der Waals surface area contributed by atoms with E-state index in [2.05, 4.69) is 37.9 Å². The number of benzene rings is 1. The summed E-state index contributed by atoms with van der Waals surface area (Å²) >= 11 is 6.58. The van der Waals surface area contributed by atoms with Gasteiger partial charge < -0.3 is 9.30 Å². The van der Waals surface area contributed by atoms with Gasteiger partial charge in [0.05, 0.1) is 23.7 Å². The fourth-order valence-corrected chi connectivity index (χ4v) is 3.06. The molecule has 1 aromatic heterocycles. The van der Waals surface area contributed by atoms with Gasteiger partial charge >= 0.3 is 0 Å². The van der Waals surface area contributed by atoms with Crippen LogP contribution in [0.3, 0.4) is 0 Å². The minimum Gasteiger partial charge on any atom is -0.495 e. The summed E-state index contributed by atoms with van der Waals surface area (Å²) in [5, 5.41) is 8.95. The monoisotopic (exact) mass is 396 g/mol. The fourth-order valence-electron chi connectivity index (χ4n) is 1.81. The maximum atomic E-state index is 12.0. The lowest BCUT2D eigenvalue weighted by atomic mass is 10.1. The number of pyridine rings is 1. The van der Waals surface area contributed by atoms with Gasteiger partial charge in [0.1, 0.15) is 11.8 Å². The van der Waals surface area contributed by atoms with Gasteiger partial charge in [0.15, 0.2) is 0 Å². The number of halogens is 2. The second kappa shape index (κ2) is 6.25. The molecule has 4 nitrogen and oxygen atoms in total. The molecule has 0 unspecified atom stereocenters. The van der Waals surface area contributed by atoms with Crippen LogP contribution in [0.5, 0.6) is 5.75 Å². The first-order chi connectivity index (χ1) is 9.55. The Kier molecular flexibility index (Phi) is 4.63. The van der Waals surface area contributed by atoms with E-state index in [4.69, 9.17) is 10.00 Å². The standard InChI is InChI=1S/C14H10Br2N2O2/c1-20-13-4-9(2-3-10(13)6-17)7-18-8-11(15)5-12(16)14(18)19/h2-5,8H,7H2,1H3. The largest absolute Gasteiger partial charge is 0.495 e. The molecule has 0 saturated heterocycles. The summed E-state index contributed by atoms with van der Waals surface area (Å²) in [6, 6.07) is 9.02. The van der Waals surface area contributed by atoms with Crippen LogP contribution in [0.4, 0.5) is 0 Å². The van der Waals surface area contributed by atoms with Gasteiger partial charge in [-0.2, -0.15) is 5.26 Å². The summed E-state index contributed by atoms with van der Waals surface area (Å²) in [6.07, 6.45) is 1.72. The molecule has 0 bridgehead atoms. The van der Waals surface area contributed by atoms with Gasteiger partial charge in [-0.3, -0.25) is 4.79 Å². The summed E-state index contributed by atoms with van der Waals surface area (Å²) in [5.74, 6) is 0.507. The summed E-state index contributed by atoms with van der Waals surface area (Å²) in [7, 11) is 1.52. The van der Waals surface area contributed by atoms with Gasteiger partial charge in [0.25, 0.3) is 5.56 Å². The average Bonchev–Trinajstić information content (AvgIpc) is 2.44. The van der Waals surface area contributed by atoms with E-state index >= 15 is 0 Å². The van der Waals surface area contributed by atoms with Crippen molar-refractivity contribution in [1.82, 2.24) is 4.57 Å². The van der Waals surface area contributed by atoms with Crippen LogP contribution in [0.2, 0.25) is 0 Å². The maximum Gasteiger partial charge on any atom is 0.265 e. The third kappa shape index (κ3) is 3.11. The van der Waals surface area contributed by atoms with E-state index in [-0.39, 0.29) is 5.56 Å². The summed E-state index contributed by atoms with van der Waals surface area (Å²) < 4.78 is 8.05. The van der Waals surface area contributed by atoms with Crippen LogP contribution in [0.1, 0.15) is 11.1 Å². The zero-order valence-corrected chi connectivity index (χ0v) is 13.7. The highest BCUT2D eigenvalue weighted by Gasteiger charge is 2.07. The number of rotatable bonds is 3. The number of nitriles is 1. The fraction of sp³-hybridized carbons (Fsp3) is 0.143. The summed E-state index contributed by atoms with van der Waals surface area (Å²) in [6.45, 7) is 0.402. The van der Waals surface area contributed by atoms with Gasteiger partial charge in [0, 0.05) is 10.7 Å².